The third-order valence-electron chi connectivity index (χ3n) is 15.3. The Kier molecular flexibility index (Phi) is 11.0. The average Bonchev–Trinajstić information content (AvgIpc) is 4.44. The van der Waals surface area contributed by atoms with Gasteiger partial charge < -0.3 is 13.6 Å². The Bertz CT molecular complexity index is 4380. The monoisotopic (exact) mass is 1010 g/mol. The van der Waals surface area contributed by atoms with E-state index in [0.717, 1.165) is 78.3 Å². The predicted molar refractivity (Wildman–Crippen MR) is 329 cm³/mol. The fourth-order valence-corrected chi connectivity index (χ4v) is 13.3. The molecule has 4 heteroatoms. The molecule has 0 saturated heterocycles. The molecule has 4 heterocycles. The number of benzene rings is 11. The summed E-state index contributed by atoms with van der Waals surface area (Å²) in [6.45, 7) is 0. The number of nitrogens with zero attached hydrogens (tertiary/aromatic N) is 2. The number of hydrogen-bond acceptors (Lipinski definition) is 2. The Hall–Kier alpha value is -10.0. The minimum absolute atomic E-state index is 0.834. The van der Waals surface area contributed by atoms with Crippen molar-refractivity contribution in [1.29, 1.82) is 0 Å². The van der Waals surface area contributed by atoms with E-state index in [2.05, 4.69) is 300 Å². The molecule has 3 nitrogen and oxygen atoms in total. The van der Waals surface area contributed by atoms with Gasteiger partial charge in [-0.1, -0.05) is 243 Å². The number of para-hydroxylation sites is 2. The molecule has 15 rings (SSSR count). The van der Waals surface area contributed by atoms with Crippen molar-refractivity contribution in [3.05, 3.63) is 291 Å². The topological polar surface area (TPSA) is 23.0 Å². The molecular formula is C74H48N2OS. The van der Waals surface area contributed by atoms with Crippen LogP contribution in [0.2, 0.25) is 0 Å². The molecule has 78 heavy (non-hydrogen) atoms. The van der Waals surface area contributed by atoms with Gasteiger partial charge in [0.25, 0.3) is 0 Å². The van der Waals surface area contributed by atoms with E-state index < -0.39 is 0 Å². The van der Waals surface area contributed by atoms with E-state index in [1.807, 2.05) is 11.3 Å². The molecule has 366 valence electrons. The first-order valence-corrected chi connectivity index (χ1v) is 27.4. The minimum atomic E-state index is 0.834. The fraction of sp³-hybridized carbons (Fsp3) is 0. The van der Waals surface area contributed by atoms with Crippen LogP contribution in [-0.4, -0.2) is 9.13 Å². The molecule has 0 atom stereocenters. The van der Waals surface area contributed by atoms with Gasteiger partial charge in [-0.3, -0.25) is 0 Å². The molecule has 0 aliphatic heterocycles. The van der Waals surface area contributed by atoms with Gasteiger partial charge in [0.2, 0.25) is 0 Å². The summed E-state index contributed by atoms with van der Waals surface area (Å²) < 4.78 is 12.1. The van der Waals surface area contributed by atoms with Gasteiger partial charge in [0.1, 0.15) is 11.5 Å². The maximum atomic E-state index is 7.23. The summed E-state index contributed by atoms with van der Waals surface area (Å²) in [5.41, 5.74) is 20.5. The number of furan rings is 1. The van der Waals surface area contributed by atoms with E-state index in [4.69, 9.17) is 4.42 Å². The van der Waals surface area contributed by atoms with Crippen molar-refractivity contribution in [2.45, 2.75) is 0 Å². The smallest absolute Gasteiger partial charge is 0.143 e. The zero-order valence-electron chi connectivity index (χ0n) is 42.4. The molecule has 0 saturated carbocycles. The lowest BCUT2D eigenvalue weighted by molar-refractivity contribution is 0.599. The predicted octanol–water partition coefficient (Wildman–Crippen LogP) is 20.9. The summed E-state index contributed by atoms with van der Waals surface area (Å²) >= 11 is 1.88. The molecule has 4 aromatic heterocycles. The molecule has 0 spiro atoms. The van der Waals surface area contributed by atoms with Gasteiger partial charge >= 0.3 is 0 Å². The Labute approximate surface area is 456 Å². The Morgan fingerprint density at radius 1 is 0.231 bits per heavy atom. The highest BCUT2D eigenvalue weighted by Gasteiger charge is 2.27. The van der Waals surface area contributed by atoms with Crippen molar-refractivity contribution >= 4 is 54.9 Å². The zero-order valence-corrected chi connectivity index (χ0v) is 43.2. The van der Waals surface area contributed by atoms with E-state index in [1.54, 1.807) is 0 Å². The Morgan fingerprint density at radius 2 is 0.564 bits per heavy atom. The van der Waals surface area contributed by atoms with E-state index in [1.165, 1.54) is 64.7 Å². The van der Waals surface area contributed by atoms with E-state index in [0.29, 0.717) is 0 Å². The summed E-state index contributed by atoms with van der Waals surface area (Å²) in [6.07, 6.45) is 0. The number of hydrogen-bond donors (Lipinski definition) is 0. The summed E-state index contributed by atoms with van der Waals surface area (Å²) in [4.78, 5) is 2.50. The largest absolute Gasteiger partial charge is 0.455 e. The standard InChI is InChI=1S/C74H48N2OS/c1-7-25-49(26-8-1)67-68(50-27-9-2-10-28-50)72(77-71(67)53-33-15-5-16-34-53)55-37-23-39-57(45-55)75-63-43-21-19-41-59(63)61-48-66-62(47-65(61)75)60-42-20-22-44-64(60)76(66)58-40-24-38-56(46-58)74-70(52-31-13-4-14-32-52)69(51-29-11-3-12-30-51)73(78-74)54-35-17-6-18-36-54/h1-48H. The summed E-state index contributed by atoms with van der Waals surface area (Å²) in [5.74, 6) is 1.68. The molecule has 0 radical (unpaired) electrons. The normalized spacial score (nSPS) is 11.6. The van der Waals surface area contributed by atoms with Crippen molar-refractivity contribution in [2.75, 3.05) is 0 Å². The molecule has 11 aromatic carbocycles. The average molecular weight is 1010 g/mol. The molecule has 0 aliphatic rings. The van der Waals surface area contributed by atoms with Gasteiger partial charge in [0.15, 0.2) is 0 Å². The lowest BCUT2D eigenvalue weighted by Crippen LogP contribution is -1.95. The summed E-state index contributed by atoms with van der Waals surface area (Å²) in [7, 11) is 0. The number of rotatable bonds is 10. The first-order chi connectivity index (χ1) is 38.7. The van der Waals surface area contributed by atoms with Crippen LogP contribution in [0.15, 0.2) is 296 Å². The third-order valence-corrected chi connectivity index (χ3v) is 16.6. The van der Waals surface area contributed by atoms with Crippen LogP contribution in [0.4, 0.5) is 0 Å². The van der Waals surface area contributed by atoms with Gasteiger partial charge in [-0.15, -0.1) is 11.3 Å². The molecule has 0 bridgehead atoms. The van der Waals surface area contributed by atoms with Crippen molar-refractivity contribution in [2.24, 2.45) is 0 Å². The van der Waals surface area contributed by atoms with E-state index in [9.17, 15) is 0 Å². The van der Waals surface area contributed by atoms with Gasteiger partial charge in [-0.2, -0.15) is 0 Å². The first kappa shape index (κ1) is 45.4. The fourth-order valence-electron chi connectivity index (χ4n) is 11.9. The number of aromatic nitrogens is 2. The molecule has 0 N–H and O–H groups in total. The highest BCUT2D eigenvalue weighted by molar-refractivity contribution is 7.20. The van der Waals surface area contributed by atoms with Crippen LogP contribution in [0.3, 0.4) is 0 Å². The Morgan fingerprint density at radius 3 is 1.03 bits per heavy atom. The van der Waals surface area contributed by atoms with E-state index in [-0.39, 0.29) is 0 Å². The molecule has 0 unspecified atom stereocenters. The third kappa shape index (κ3) is 7.56. The van der Waals surface area contributed by atoms with Gasteiger partial charge in [0.05, 0.1) is 22.1 Å². The lowest BCUT2D eigenvalue weighted by Gasteiger charge is -2.13. The van der Waals surface area contributed by atoms with Gasteiger partial charge in [0, 0.05) is 76.1 Å². The van der Waals surface area contributed by atoms with Crippen LogP contribution in [0, 0.1) is 0 Å². The molecule has 15 aromatic rings. The second-order valence-electron chi connectivity index (χ2n) is 19.9. The summed E-state index contributed by atoms with van der Waals surface area (Å²) in [5, 5.41) is 4.78. The molecule has 0 amide bonds. The highest BCUT2D eigenvalue weighted by atomic mass is 32.1. The summed E-state index contributed by atoms with van der Waals surface area (Å²) in [6, 6.07) is 105. The van der Waals surface area contributed by atoms with Gasteiger partial charge in [-0.05, 0) is 81.9 Å². The second-order valence-corrected chi connectivity index (χ2v) is 20.9. The quantitative estimate of drug-likeness (QED) is 0.134. The molecular weight excluding hydrogens is 965 g/mol. The van der Waals surface area contributed by atoms with Crippen LogP contribution < -0.4 is 0 Å². The minimum Gasteiger partial charge on any atom is -0.455 e. The SMILES string of the molecule is c1ccc(-c2oc(-c3cccc(-n4c5ccccc5c5cc6c(cc54)c4ccccc4n6-c4cccc(-c5sc(-c6ccccc6)c(-c6ccccc6)c5-c5ccccc5)c4)c3)c(-c3ccccc3)c2-c2ccccc2)cc1. The molecule has 0 fully saturated rings. The first-order valence-electron chi connectivity index (χ1n) is 26.6. The van der Waals surface area contributed by atoms with Crippen LogP contribution in [0.5, 0.6) is 0 Å². The highest BCUT2D eigenvalue weighted by Crippen LogP contribution is 2.53. The van der Waals surface area contributed by atoms with Crippen molar-refractivity contribution in [1.82, 2.24) is 9.13 Å². The van der Waals surface area contributed by atoms with Crippen LogP contribution in [-0.2, 0) is 0 Å². The van der Waals surface area contributed by atoms with Crippen LogP contribution in [0.1, 0.15) is 0 Å². The number of thiophene rings is 1. The second kappa shape index (κ2) is 19.0. The molecule has 0 aliphatic carbocycles. The van der Waals surface area contributed by atoms with E-state index >= 15 is 0 Å². The maximum absolute atomic E-state index is 7.23. The van der Waals surface area contributed by atoms with Gasteiger partial charge in [-0.25, -0.2) is 0 Å². The van der Waals surface area contributed by atoms with Crippen LogP contribution >= 0.6 is 11.3 Å². The lowest BCUT2D eigenvalue weighted by atomic mass is 9.91. The van der Waals surface area contributed by atoms with Crippen molar-refractivity contribution in [3.8, 4) is 99.4 Å². The van der Waals surface area contributed by atoms with Crippen molar-refractivity contribution in [3.63, 3.8) is 0 Å². The van der Waals surface area contributed by atoms with Crippen LogP contribution in [0.25, 0.3) is 143 Å². The maximum Gasteiger partial charge on any atom is 0.143 e. The zero-order chi connectivity index (χ0) is 51.5. The number of fused-ring (bicyclic) bond motifs is 6. The Balaban J connectivity index is 0.929. The van der Waals surface area contributed by atoms with Crippen molar-refractivity contribution < 1.29 is 4.42 Å².